The molecule has 3 aromatic heterocycles. The van der Waals surface area contributed by atoms with Crippen LogP contribution in [0.25, 0.3) is 5.65 Å². The molecule has 208 valence electrons. The molecular formula is C27H35FN8O3. The van der Waals surface area contributed by atoms with Crippen LogP contribution < -0.4 is 16.0 Å². The highest BCUT2D eigenvalue weighted by atomic mass is 19.1. The Morgan fingerprint density at radius 1 is 1.08 bits per heavy atom. The SMILES string of the molecule is CC(C)(C)CN(C(=O)O)[C@H]1CC[C@H](Nc2cc(NC3CC3)c3ncc(C(=O)Nc4ccncc4F)n3n2)CC1. The number of amides is 2. The molecule has 11 nitrogen and oxygen atoms in total. The molecule has 0 bridgehead atoms. The minimum absolute atomic E-state index is 0.0140. The van der Waals surface area contributed by atoms with E-state index in [0.29, 0.717) is 24.1 Å². The standard InChI is InChI=1S/C27H35FN8O3/c1-27(2,3)15-35(26(38)39)18-8-6-17(7-9-18)32-23-12-21(31-16-4-5-16)24-30-14-22(36(24)34-23)25(37)33-20-10-11-29-13-19(20)28/h10-14,16-18,31H,4-9,15H2,1-3H3,(H,32,34)(H,38,39)(H,29,33,37)/t17-,18-. The number of fused-ring (bicyclic) bond motifs is 1. The van der Waals surface area contributed by atoms with Gasteiger partial charge in [0.25, 0.3) is 5.91 Å². The maximum absolute atomic E-state index is 14.1. The maximum Gasteiger partial charge on any atom is 0.407 e. The van der Waals surface area contributed by atoms with E-state index in [1.54, 1.807) is 4.90 Å². The van der Waals surface area contributed by atoms with Crippen molar-refractivity contribution in [2.45, 2.75) is 77.4 Å². The maximum atomic E-state index is 14.1. The van der Waals surface area contributed by atoms with E-state index < -0.39 is 17.8 Å². The van der Waals surface area contributed by atoms with Crippen LogP contribution in [0.5, 0.6) is 0 Å². The summed E-state index contributed by atoms with van der Waals surface area (Å²) in [5.41, 5.74) is 1.35. The van der Waals surface area contributed by atoms with Crippen molar-refractivity contribution in [1.29, 1.82) is 0 Å². The first kappa shape index (κ1) is 26.6. The van der Waals surface area contributed by atoms with Gasteiger partial charge in [-0.05, 0) is 50.0 Å². The van der Waals surface area contributed by atoms with Crippen molar-refractivity contribution in [3.8, 4) is 0 Å². The molecular weight excluding hydrogens is 503 g/mol. The summed E-state index contributed by atoms with van der Waals surface area (Å²) in [6, 6.07) is 3.74. The van der Waals surface area contributed by atoms with E-state index in [0.717, 1.165) is 50.4 Å². The third kappa shape index (κ3) is 6.37. The first-order valence-electron chi connectivity index (χ1n) is 13.4. The number of carboxylic acid groups (broad SMARTS) is 1. The Bertz CT molecular complexity index is 1360. The molecule has 0 saturated heterocycles. The Balaban J connectivity index is 1.34. The summed E-state index contributed by atoms with van der Waals surface area (Å²) in [5.74, 6) is -0.589. The van der Waals surface area contributed by atoms with E-state index in [2.05, 4.69) is 31.0 Å². The summed E-state index contributed by atoms with van der Waals surface area (Å²) in [6.07, 6.45) is 8.22. The number of pyridine rings is 1. The average molecular weight is 539 g/mol. The molecule has 2 aliphatic rings. The quantitative estimate of drug-likeness (QED) is 0.320. The first-order chi connectivity index (χ1) is 18.6. The van der Waals surface area contributed by atoms with Crippen molar-refractivity contribution in [1.82, 2.24) is 24.5 Å². The van der Waals surface area contributed by atoms with Crippen molar-refractivity contribution < 1.29 is 19.1 Å². The molecule has 2 saturated carbocycles. The van der Waals surface area contributed by atoms with Crippen molar-refractivity contribution in [2.75, 3.05) is 22.5 Å². The molecule has 39 heavy (non-hydrogen) atoms. The summed E-state index contributed by atoms with van der Waals surface area (Å²) < 4.78 is 15.6. The van der Waals surface area contributed by atoms with Gasteiger partial charge in [-0.1, -0.05) is 20.8 Å². The third-order valence-corrected chi connectivity index (χ3v) is 7.04. The summed E-state index contributed by atoms with van der Waals surface area (Å²) >= 11 is 0. The highest BCUT2D eigenvalue weighted by Gasteiger charge is 2.32. The molecule has 5 rings (SSSR count). The zero-order valence-corrected chi connectivity index (χ0v) is 22.4. The molecule has 4 N–H and O–H groups in total. The number of halogens is 1. The van der Waals surface area contributed by atoms with Crippen LogP contribution in [0.1, 0.15) is 69.8 Å². The predicted molar refractivity (Wildman–Crippen MR) is 146 cm³/mol. The number of imidazole rings is 1. The second kappa shape index (κ2) is 10.7. The van der Waals surface area contributed by atoms with Crippen LogP contribution in [-0.2, 0) is 0 Å². The van der Waals surface area contributed by atoms with Gasteiger partial charge in [-0.3, -0.25) is 9.78 Å². The second-order valence-corrected chi connectivity index (χ2v) is 11.7. The average Bonchev–Trinajstić information content (AvgIpc) is 3.59. The Kier molecular flexibility index (Phi) is 7.28. The monoisotopic (exact) mass is 538 g/mol. The molecule has 12 heteroatoms. The van der Waals surface area contributed by atoms with Crippen LogP contribution in [-0.4, -0.2) is 66.3 Å². The smallest absolute Gasteiger partial charge is 0.407 e. The molecule has 2 aliphatic carbocycles. The minimum atomic E-state index is -0.873. The topological polar surface area (TPSA) is 137 Å². The predicted octanol–water partition coefficient (Wildman–Crippen LogP) is 4.84. The summed E-state index contributed by atoms with van der Waals surface area (Å²) in [5, 5.41) is 24.0. The Labute approximate surface area is 226 Å². The number of anilines is 3. The number of nitrogens with one attached hydrogen (secondary N) is 3. The molecule has 2 fully saturated rings. The summed E-state index contributed by atoms with van der Waals surface area (Å²) in [4.78, 5) is 34.7. The van der Waals surface area contributed by atoms with E-state index in [4.69, 9.17) is 0 Å². The number of rotatable bonds is 8. The van der Waals surface area contributed by atoms with E-state index in [1.807, 2.05) is 26.8 Å². The van der Waals surface area contributed by atoms with E-state index in [9.17, 15) is 19.1 Å². The van der Waals surface area contributed by atoms with Gasteiger partial charge >= 0.3 is 6.09 Å². The van der Waals surface area contributed by atoms with Gasteiger partial charge in [0.05, 0.1) is 23.8 Å². The lowest BCUT2D eigenvalue weighted by atomic mass is 9.88. The van der Waals surface area contributed by atoms with Gasteiger partial charge in [0.15, 0.2) is 17.2 Å². The molecule has 0 atom stereocenters. The second-order valence-electron chi connectivity index (χ2n) is 11.7. The van der Waals surface area contributed by atoms with Crippen LogP contribution in [0.3, 0.4) is 0 Å². The zero-order valence-electron chi connectivity index (χ0n) is 22.4. The molecule has 2 amide bonds. The lowest BCUT2D eigenvalue weighted by Crippen LogP contribution is -2.46. The Morgan fingerprint density at radius 2 is 1.77 bits per heavy atom. The molecule has 0 radical (unpaired) electrons. The highest BCUT2D eigenvalue weighted by molar-refractivity contribution is 6.03. The van der Waals surface area contributed by atoms with Crippen molar-refractivity contribution in [2.24, 2.45) is 5.41 Å². The van der Waals surface area contributed by atoms with E-state index in [-0.39, 0.29) is 28.9 Å². The van der Waals surface area contributed by atoms with Gasteiger partial charge in [0.1, 0.15) is 5.82 Å². The third-order valence-electron chi connectivity index (χ3n) is 7.04. The Morgan fingerprint density at radius 3 is 2.41 bits per heavy atom. The molecule has 3 heterocycles. The van der Waals surface area contributed by atoms with Crippen LogP contribution in [0.4, 0.5) is 26.4 Å². The lowest BCUT2D eigenvalue weighted by molar-refractivity contribution is 0.0875. The van der Waals surface area contributed by atoms with Gasteiger partial charge in [-0.2, -0.15) is 0 Å². The minimum Gasteiger partial charge on any atom is -0.465 e. The molecule has 0 aromatic carbocycles. The molecule has 0 unspecified atom stereocenters. The fraction of sp³-hybridized carbons (Fsp3) is 0.519. The highest BCUT2D eigenvalue weighted by Crippen LogP contribution is 2.31. The van der Waals surface area contributed by atoms with Gasteiger partial charge in [0, 0.05) is 36.9 Å². The van der Waals surface area contributed by atoms with Crippen molar-refractivity contribution >= 4 is 34.8 Å². The molecule has 0 spiro atoms. The number of hydrogen-bond acceptors (Lipinski definition) is 7. The molecule has 3 aromatic rings. The summed E-state index contributed by atoms with van der Waals surface area (Å²) in [7, 11) is 0. The number of aromatic nitrogens is 4. The van der Waals surface area contributed by atoms with Crippen molar-refractivity contribution in [3.63, 3.8) is 0 Å². The zero-order chi connectivity index (χ0) is 27.7. The fourth-order valence-electron chi connectivity index (χ4n) is 5.02. The number of carbonyl (C=O) groups is 2. The van der Waals surface area contributed by atoms with Gasteiger partial charge in [-0.15, -0.1) is 5.10 Å². The number of nitrogens with zero attached hydrogens (tertiary/aromatic N) is 5. The Hall–Kier alpha value is -3.96. The fourth-order valence-corrected chi connectivity index (χ4v) is 5.02. The largest absolute Gasteiger partial charge is 0.465 e. The van der Waals surface area contributed by atoms with E-state index in [1.165, 1.54) is 23.0 Å². The molecule has 0 aliphatic heterocycles. The summed E-state index contributed by atoms with van der Waals surface area (Å²) in [6.45, 7) is 6.63. The van der Waals surface area contributed by atoms with Gasteiger partial charge in [0.2, 0.25) is 0 Å². The normalized spacial score (nSPS) is 19.5. The van der Waals surface area contributed by atoms with E-state index >= 15 is 0 Å². The van der Waals surface area contributed by atoms with Gasteiger partial charge in [-0.25, -0.2) is 18.7 Å². The van der Waals surface area contributed by atoms with Crippen LogP contribution >= 0.6 is 0 Å². The lowest BCUT2D eigenvalue weighted by Gasteiger charge is -2.38. The van der Waals surface area contributed by atoms with Crippen molar-refractivity contribution in [3.05, 3.63) is 42.2 Å². The van der Waals surface area contributed by atoms with Crippen LogP contribution in [0.15, 0.2) is 30.7 Å². The number of hydrogen-bond donors (Lipinski definition) is 4. The van der Waals surface area contributed by atoms with Crippen LogP contribution in [0, 0.1) is 11.2 Å². The first-order valence-corrected chi connectivity index (χ1v) is 13.4. The van der Waals surface area contributed by atoms with Gasteiger partial charge < -0.3 is 26.0 Å². The van der Waals surface area contributed by atoms with Crippen LogP contribution in [0.2, 0.25) is 0 Å². The number of carbonyl (C=O) groups excluding carboxylic acids is 1.